The number of hydrogen-bond acceptors (Lipinski definition) is 7. The predicted molar refractivity (Wildman–Crippen MR) is 118 cm³/mol. The van der Waals surface area contributed by atoms with Crippen LogP contribution >= 0.6 is 0 Å². The van der Waals surface area contributed by atoms with E-state index in [2.05, 4.69) is 20.0 Å². The number of halogens is 1. The lowest BCUT2D eigenvalue weighted by Gasteiger charge is -2.34. The van der Waals surface area contributed by atoms with E-state index in [9.17, 15) is 9.18 Å². The fraction of sp³-hybridized carbons (Fsp3) is 0.250. The molecule has 0 atom stereocenters. The molecule has 2 aromatic carbocycles. The van der Waals surface area contributed by atoms with Gasteiger partial charge in [0, 0.05) is 56.3 Å². The van der Waals surface area contributed by atoms with Crippen molar-refractivity contribution in [1.82, 2.24) is 24.9 Å². The summed E-state index contributed by atoms with van der Waals surface area (Å²) in [6, 6.07) is 13.3. The number of piperazine rings is 1. The minimum Gasteiger partial charge on any atom is -0.444 e. The SMILES string of the molecule is Cc1nc(-c2cccc(C(=O)N3CCN(Cc4coc(-c5ccc(F)cc5)n4)CC3)c2)no1. The van der Waals surface area contributed by atoms with E-state index in [4.69, 9.17) is 8.94 Å². The molecule has 0 N–H and O–H groups in total. The van der Waals surface area contributed by atoms with Crippen LogP contribution in [0.1, 0.15) is 21.9 Å². The number of aryl methyl sites for hydroxylation is 1. The highest BCUT2D eigenvalue weighted by Gasteiger charge is 2.23. The first-order chi connectivity index (χ1) is 16.0. The Hall–Kier alpha value is -3.85. The van der Waals surface area contributed by atoms with Crippen LogP contribution in [-0.4, -0.2) is 57.0 Å². The largest absolute Gasteiger partial charge is 0.444 e. The number of carbonyl (C=O) groups excluding carboxylic acids is 1. The van der Waals surface area contributed by atoms with Gasteiger partial charge in [-0.05, 0) is 36.4 Å². The van der Waals surface area contributed by atoms with Crippen LogP contribution in [0.2, 0.25) is 0 Å². The van der Waals surface area contributed by atoms with Crippen molar-refractivity contribution in [2.24, 2.45) is 0 Å². The highest BCUT2D eigenvalue weighted by Crippen LogP contribution is 2.21. The molecule has 2 aromatic heterocycles. The van der Waals surface area contributed by atoms with Gasteiger partial charge in [0.25, 0.3) is 5.91 Å². The van der Waals surface area contributed by atoms with Crippen LogP contribution in [0, 0.1) is 12.7 Å². The van der Waals surface area contributed by atoms with Gasteiger partial charge in [-0.2, -0.15) is 4.98 Å². The standard InChI is InChI=1S/C24H22FN5O3/c1-16-26-22(28-33-16)18-3-2-4-19(13-18)24(31)30-11-9-29(10-12-30)14-21-15-32-23(27-21)17-5-7-20(25)8-6-17/h2-8,13,15H,9-12,14H2,1H3. The van der Waals surface area contributed by atoms with Gasteiger partial charge in [-0.25, -0.2) is 9.37 Å². The number of oxazole rings is 1. The molecule has 0 unspecified atom stereocenters. The molecular formula is C24H22FN5O3. The lowest BCUT2D eigenvalue weighted by molar-refractivity contribution is 0.0627. The Bertz CT molecular complexity index is 1260. The summed E-state index contributed by atoms with van der Waals surface area (Å²) in [6.45, 7) is 5.05. The van der Waals surface area contributed by atoms with Crippen LogP contribution in [0.3, 0.4) is 0 Å². The molecule has 8 nitrogen and oxygen atoms in total. The van der Waals surface area contributed by atoms with Gasteiger partial charge in [0.1, 0.15) is 12.1 Å². The quantitative estimate of drug-likeness (QED) is 0.460. The van der Waals surface area contributed by atoms with Crippen LogP contribution in [0.15, 0.2) is 63.7 Å². The van der Waals surface area contributed by atoms with Crippen molar-refractivity contribution in [2.75, 3.05) is 26.2 Å². The number of nitrogens with zero attached hydrogens (tertiary/aromatic N) is 5. The lowest BCUT2D eigenvalue weighted by atomic mass is 10.1. The van der Waals surface area contributed by atoms with E-state index in [0.717, 1.165) is 29.9 Å². The van der Waals surface area contributed by atoms with Gasteiger partial charge in [-0.1, -0.05) is 17.3 Å². The van der Waals surface area contributed by atoms with Crippen molar-refractivity contribution < 1.29 is 18.1 Å². The summed E-state index contributed by atoms with van der Waals surface area (Å²) in [7, 11) is 0. The first-order valence-corrected chi connectivity index (χ1v) is 10.7. The maximum atomic E-state index is 13.1. The molecule has 9 heteroatoms. The molecule has 3 heterocycles. The molecule has 0 spiro atoms. The zero-order valence-corrected chi connectivity index (χ0v) is 18.1. The Morgan fingerprint density at radius 3 is 2.55 bits per heavy atom. The van der Waals surface area contributed by atoms with Crippen molar-refractivity contribution >= 4 is 5.91 Å². The molecule has 1 aliphatic rings. The van der Waals surface area contributed by atoms with E-state index in [0.29, 0.717) is 42.8 Å². The van der Waals surface area contributed by atoms with Crippen LogP contribution in [0.5, 0.6) is 0 Å². The van der Waals surface area contributed by atoms with E-state index in [1.165, 1.54) is 12.1 Å². The van der Waals surface area contributed by atoms with E-state index in [1.807, 2.05) is 17.0 Å². The third kappa shape index (κ3) is 4.68. The fourth-order valence-corrected chi connectivity index (χ4v) is 3.83. The summed E-state index contributed by atoms with van der Waals surface area (Å²) in [4.78, 5) is 25.9. The zero-order valence-electron chi connectivity index (χ0n) is 18.1. The molecule has 1 fully saturated rings. The van der Waals surface area contributed by atoms with E-state index < -0.39 is 0 Å². The second kappa shape index (κ2) is 8.95. The van der Waals surface area contributed by atoms with Crippen molar-refractivity contribution in [1.29, 1.82) is 0 Å². The third-order valence-electron chi connectivity index (χ3n) is 5.58. The van der Waals surface area contributed by atoms with Gasteiger partial charge in [0.2, 0.25) is 17.6 Å². The van der Waals surface area contributed by atoms with Crippen molar-refractivity contribution in [3.63, 3.8) is 0 Å². The second-order valence-electron chi connectivity index (χ2n) is 7.94. The summed E-state index contributed by atoms with van der Waals surface area (Å²) in [5.41, 5.74) is 2.89. The van der Waals surface area contributed by atoms with Gasteiger partial charge in [0.05, 0.1) is 5.69 Å². The van der Waals surface area contributed by atoms with Gasteiger partial charge >= 0.3 is 0 Å². The van der Waals surface area contributed by atoms with Crippen LogP contribution in [0.4, 0.5) is 4.39 Å². The smallest absolute Gasteiger partial charge is 0.253 e. The molecule has 0 bridgehead atoms. The average Bonchev–Trinajstić information content (AvgIpc) is 3.49. The molecule has 1 amide bonds. The molecule has 33 heavy (non-hydrogen) atoms. The molecule has 0 aliphatic carbocycles. The lowest BCUT2D eigenvalue weighted by Crippen LogP contribution is -2.48. The van der Waals surface area contributed by atoms with E-state index in [1.54, 1.807) is 37.5 Å². The normalized spacial score (nSPS) is 14.5. The number of hydrogen-bond donors (Lipinski definition) is 0. The minimum absolute atomic E-state index is 0.0169. The summed E-state index contributed by atoms with van der Waals surface area (Å²) in [6.07, 6.45) is 1.63. The molecule has 4 aromatic rings. The highest BCUT2D eigenvalue weighted by atomic mass is 19.1. The van der Waals surface area contributed by atoms with Crippen LogP contribution in [0.25, 0.3) is 22.8 Å². The Morgan fingerprint density at radius 2 is 1.82 bits per heavy atom. The van der Waals surface area contributed by atoms with Gasteiger partial charge in [0.15, 0.2) is 0 Å². The van der Waals surface area contributed by atoms with Crippen molar-refractivity contribution in [2.45, 2.75) is 13.5 Å². The van der Waals surface area contributed by atoms with Gasteiger partial charge in [-0.15, -0.1) is 0 Å². The minimum atomic E-state index is -0.297. The first kappa shape index (κ1) is 21.0. The summed E-state index contributed by atoms with van der Waals surface area (Å²) < 4.78 is 23.7. The Kier molecular flexibility index (Phi) is 5.70. The summed E-state index contributed by atoms with van der Waals surface area (Å²) in [5, 5.41) is 3.93. The molecule has 1 aliphatic heterocycles. The summed E-state index contributed by atoms with van der Waals surface area (Å²) in [5.74, 6) is 1.11. The third-order valence-corrected chi connectivity index (χ3v) is 5.58. The topological polar surface area (TPSA) is 88.5 Å². The second-order valence-corrected chi connectivity index (χ2v) is 7.94. The van der Waals surface area contributed by atoms with E-state index >= 15 is 0 Å². The zero-order chi connectivity index (χ0) is 22.8. The average molecular weight is 447 g/mol. The van der Waals surface area contributed by atoms with Crippen molar-refractivity contribution in [3.8, 4) is 22.8 Å². The molecule has 1 saturated heterocycles. The molecule has 5 rings (SSSR count). The highest BCUT2D eigenvalue weighted by molar-refractivity contribution is 5.95. The maximum Gasteiger partial charge on any atom is 0.253 e. The number of benzene rings is 2. The molecular weight excluding hydrogens is 425 g/mol. The van der Waals surface area contributed by atoms with Crippen molar-refractivity contribution in [3.05, 3.63) is 77.8 Å². The monoisotopic (exact) mass is 447 g/mol. The number of carbonyl (C=O) groups is 1. The Morgan fingerprint density at radius 1 is 1.03 bits per heavy atom. The maximum absolute atomic E-state index is 13.1. The van der Waals surface area contributed by atoms with Crippen LogP contribution < -0.4 is 0 Å². The fourth-order valence-electron chi connectivity index (χ4n) is 3.83. The predicted octanol–water partition coefficient (Wildman–Crippen LogP) is 3.80. The Labute approximate surface area is 189 Å². The van der Waals surface area contributed by atoms with Gasteiger partial charge in [-0.3, -0.25) is 9.69 Å². The van der Waals surface area contributed by atoms with Gasteiger partial charge < -0.3 is 13.8 Å². The summed E-state index contributed by atoms with van der Waals surface area (Å²) >= 11 is 0. The molecule has 168 valence electrons. The Balaban J connectivity index is 1.18. The molecule has 0 radical (unpaired) electrons. The number of aromatic nitrogens is 3. The number of rotatable bonds is 5. The first-order valence-electron chi connectivity index (χ1n) is 10.7. The van der Waals surface area contributed by atoms with Crippen LogP contribution in [-0.2, 0) is 6.54 Å². The molecule has 0 saturated carbocycles. The number of amides is 1. The van der Waals surface area contributed by atoms with E-state index in [-0.39, 0.29) is 11.7 Å².